The maximum absolute atomic E-state index is 5.92. The number of fused-ring (bicyclic) bond motifs is 2. The third kappa shape index (κ3) is 2.07. The second-order valence-electron chi connectivity index (χ2n) is 8.04. The highest BCUT2D eigenvalue weighted by Gasteiger charge is 2.58. The van der Waals surface area contributed by atoms with E-state index in [0.717, 1.165) is 5.92 Å². The van der Waals surface area contributed by atoms with E-state index in [9.17, 15) is 0 Å². The van der Waals surface area contributed by atoms with Crippen LogP contribution in [0.5, 0.6) is 0 Å². The molecule has 0 radical (unpaired) electrons. The zero-order chi connectivity index (χ0) is 14.7. The smallest absolute Gasteiger partial charge is 0.0847 e. The minimum absolute atomic E-state index is 0.427. The van der Waals surface area contributed by atoms with E-state index in [2.05, 4.69) is 37.3 Å². The molecule has 2 heteroatoms. The van der Waals surface area contributed by atoms with Crippen molar-refractivity contribution in [3.05, 3.63) is 35.9 Å². The zero-order valence-corrected chi connectivity index (χ0v) is 13.4. The van der Waals surface area contributed by atoms with Crippen molar-refractivity contribution in [3.8, 4) is 0 Å². The summed E-state index contributed by atoms with van der Waals surface area (Å²) in [6.07, 6.45) is 10.1. The molecule has 0 bridgehead atoms. The normalized spacial score (nSPS) is 47.2. The van der Waals surface area contributed by atoms with E-state index < -0.39 is 0 Å². The quantitative estimate of drug-likeness (QED) is 0.777. The Hall–Kier alpha value is -0.860. The van der Waals surface area contributed by atoms with Crippen LogP contribution in [0.2, 0.25) is 0 Å². The van der Waals surface area contributed by atoms with Crippen molar-refractivity contribution in [1.82, 2.24) is 0 Å². The molecule has 1 aromatic rings. The summed E-state index contributed by atoms with van der Waals surface area (Å²) in [4.78, 5) is 0. The first-order valence-corrected chi connectivity index (χ1v) is 9.12. The summed E-state index contributed by atoms with van der Waals surface area (Å²) in [7, 11) is 0. The molecular formula is C20H26O2. The average molecular weight is 298 g/mol. The summed E-state index contributed by atoms with van der Waals surface area (Å²) in [5, 5.41) is 0. The van der Waals surface area contributed by atoms with Crippen LogP contribution >= 0.6 is 0 Å². The number of rotatable bonds is 3. The van der Waals surface area contributed by atoms with E-state index in [1.54, 1.807) is 0 Å². The molecular weight excluding hydrogens is 272 g/mol. The van der Waals surface area contributed by atoms with Crippen molar-refractivity contribution in [1.29, 1.82) is 0 Å². The minimum atomic E-state index is 0.427. The van der Waals surface area contributed by atoms with Crippen molar-refractivity contribution in [2.75, 3.05) is 0 Å². The van der Waals surface area contributed by atoms with Crippen LogP contribution in [0.15, 0.2) is 30.3 Å². The van der Waals surface area contributed by atoms with E-state index in [0.29, 0.717) is 35.7 Å². The molecule has 2 heterocycles. The van der Waals surface area contributed by atoms with E-state index in [1.165, 1.54) is 44.1 Å². The molecule has 2 aliphatic carbocycles. The van der Waals surface area contributed by atoms with Gasteiger partial charge in [-0.15, -0.1) is 0 Å². The van der Waals surface area contributed by atoms with Gasteiger partial charge in [0.05, 0.1) is 24.4 Å². The average Bonchev–Trinajstić information content (AvgIpc) is 3.46. The molecule has 2 aliphatic heterocycles. The predicted molar refractivity (Wildman–Crippen MR) is 85.8 cm³/mol. The van der Waals surface area contributed by atoms with Gasteiger partial charge in [0.25, 0.3) is 0 Å². The highest BCUT2D eigenvalue weighted by atomic mass is 16.6. The van der Waals surface area contributed by atoms with Gasteiger partial charge in [0.15, 0.2) is 0 Å². The van der Waals surface area contributed by atoms with E-state index in [4.69, 9.17) is 9.47 Å². The van der Waals surface area contributed by atoms with Crippen LogP contribution in [0, 0.1) is 11.3 Å². The molecule has 0 spiro atoms. The van der Waals surface area contributed by atoms with Gasteiger partial charge in [-0.1, -0.05) is 37.3 Å². The van der Waals surface area contributed by atoms with Gasteiger partial charge in [0.1, 0.15) is 0 Å². The molecule has 2 nitrogen and oxygen atoms in total. The summed E-state index contributed by atoms with van der Waals surface area (Å²) in [6.45, 7) is 2.47. The fourth-order valence-electron chi connectivity index (χ4n) is 5.62. The van der Waals surface area contributed by atoms with Crippen LogP contribution in [-0.4, -0.2) is 24.4 Å². The Morgan fingerprint density at radius 3 is 2.50 bits per heavy atom. The highest BCUT2D eigenvalue weighted by molar-refractivity contribution is 5.24. The second-order valence-corrected chi connectivity index (χ2v) is 8.04. The van der Waals surface area contributed by atoms with Gasteiger partial charge >= 0.3 is 0 Å². The molecule has 0 aromatic heterocycles. The van der Waals surface area contributed by atoms with E-state index in [-0.39, 0.29) is 0 Å². The molecule has 4 fully saturated rings. The highest BCUT2D eigenvalue weighted by Crippen LogP contribution is 2.61. The second kappa shape index (κ2) is 4.82. The summed E-state index contributed by atoms with van der Waals surface area (Å²) in [6, 6.07) is 11.2. The summed E-state index contributed by atoms with van der Waals surface area (Å²) >= 11 is 0. The largest absolute Gasteiger partial charge is 0.370 e. The first-order valence-electron chi connectivity index (χ1n) is 9.12. The SMILES string of the molecule is CC(c1ccccc1)C1(C2CCC3OC3C2)CCC2OC2C1. The van der Waals surface area contributed by atoms with E-state index in [1.807, 2.05) is 0 Å². The fourth-order valence-corrected chi connectivity index (χ4v) is 5.62. The van der Waals surface area contributed by atoms with Crippen LogP contribution < -0.4 is 0 Å². The van der Waals surface area contributed by atoms with Crippen molar-refractivity contribution >= 4 is 0 Å². The molecule has 7 atom stereocenters. The molecule has 1 aromatic carbocycles. The first kappa shape index (κ1) is 13.6. The summed E-state index contributed by atoms with van der Waals surface area (Å²) in [5.41, 5.74) is 1.94. The van der Waals surface area contributed by atoms with Crippen molar-refractivity contribution < 1.29 is 9.47 Å². The molecule has 5 rings (SSSR count). The molecule has 22 heavy (non-hydrogen) atoms. The number of epoxide rings is 2. The Morgan fingerprint density at radius 1 is 0.955 bits per heavy atom. The van der Waals surface area contributed by atoms with Gasteiger partial charge in [-0.05, 0) is 61.3 Å². The van der Waals surface area contributed by atoms with Gasteiger partial charge in [0, 0.05) is 0 Å². The Labute approximate surface area is 133 Å². The first-order chi connectivity index (χ1) is 10.8. The Balaban J connectivity index is 1.48. The van der Waals surface area contributed by atoms with Crippen LogP contribution in [-0.2, 0) is 9.47 Å². The Kier molecular flexibility index (Phi) is 2.97. The lowest BCUT2D eigenvalue weighted by Gasteiger charge is -2.48. The number of ether oxygens (including phenoxy) is 2. The molecule has 2 saturated heterocycles. The Bertz CT molecular complexity index is 556. The third-order valence-corrected chi connectivity index (χ3v) is 7.14. The monoisotopic (exact) mass is 298 g/mol. The molecule has 118 valence electrons. The van der Waals surface area contributed by atoms with Crippen molar-refractivity contribution in [2.24, 2.45) is 11.3 Å². The molecule has 2 saturated carbocycles. The minimum Gasteiger partial charge on any atom is -0.370 e. The molecule has 0 amide bonds. The van der Waals surface area contributed by atoms with Gasteiger partial charge < -0.3 is 9.47 Å². The molecule has 4 aliphatic rings. The maximum Gasteiger partial charge on any atom is 0.0847 e. The third-order valence-electron chi connectivity index (χ3n) is 7.14. The number of hydrogen-bond acceptors (Lipinski definition) is 2. The molecule has 0 N–H and O–H groups in total. The van der Waals surface area contributed by atoms with Crippen LogP contribution in [0.25, 0.3) is 0 Å². The predicted octanol–water partition coefficient (Wildman–Crippen LogP) is 4.30. The summed E-state index contributed by atoms with van der Waals surface area (Å²) < 4.78 is 11.8. The lowest BCUT2D eigenvalue weighted by molar-refractivity contribution is 0.0546. The van der Waals surface area contributed by atoms with Gasteiger partial charge in [-0.2, -0.15) is 0 Å². The fraction of sp³-hybridized carbons (Fsp3) is 0.700. The number of benzene rings is 1. The zero-order valence-electron chi connectivity index (χ0n) is 13.4. The Morgan fingerprint density at radius 2 is 1.73 bits per heavy atom. The van der Waals surface area contributed by atoms with Gasteiger partial charge in [-0.25, -0.2) is 0 Å². The van der Waals surface area contributed by atoms with Crippen LogP contribution in [0.4, 0.5) is 0 Å². The van der Waals surface area contributed by atoms with Crippen LogP contribution in [0.3, 0.4) is 0 Å². The van der Waals surface area contributed by atoms with Crippen molar-refractivity contribution in [2.45, 2.75) is 75.8 Å². The number of hydrogen-bond donors (Lipinski definition) is 0. The van der Waals surface area contributed by atoms with Gasteiger partial charge in [0.2, 0.25) is 0 Å². The molecule has 7 unspecified atom stereocenters. The standard InChI is InChI=1S/C20H26O2/c1-13(14-5-3-2-4-6-14)20(10-9-17-19(12-20)22-17)15-7-8-16-18(11-15)21-16/h2-6,13,15-19H,7-12H2,1H3. The van der Waals surface area contributed by atoms with Gasteiger partial charge in [-0.3, -0.25) is 0 Å². The van der Waals surface area contributed by atoms with E-state index >= 15 is 0 Å². The van der Waals surface area contributed by atoms with Crippen LogP contribution in [0.1, 0.15) is 56.9 Å². The lowest BCUT2D eigenvalue weighted by Crippen LogP contribution is -2.42. The topological polar surface area (TPSA) is 25.1 Å². The van der Waals surface area contributed by atoms with Crippen molar-refractivity contribution in [3.63, 3.8) is 0 Å². The lowest BCUT2D eigenvalue weighted by atomic mass is 9.55. The maximum atomic E-state index is 5.92. The summed E-state index contributed by atoms with van der Waals surface area (Å²) in [5.74, 6) is 1.44.